The first-order valence-electron chi connectivity index (χ1n) is 8.56. The van der Waals surface area contributed by atoms with Crippen molar-refractivity contribution >= 4 is 17.5 Å². The Balaban J connectivity index is 1.53. The highest BCUT2D eigenvalue weighted by atomic mass is 19.4. The molecule has 1 aliphatic carbocycles. The van der Waals surface area contributed by atoms with Gasteiger partial charge in [0.1, 0.15) is 0 Å². The molecule has 0 bridgehead atoms. The maximum atomic E-state index is 12.7. The van der Waals surface area contributed by atoms with Crippen LogP contribution >= 0.6 is 0 Å². The Labute approximate surface area is 154 Å². The van der Waals surface area contributed by atoms with E-state index in [2.05, 4.69) is 10.6 Å². The van der Waals surface area contributed by atoms with Gasteiger partial charge in [0, 0.05) is 12.2 Å². The number of rotatable bonds is 5. The monoisotopic (exact) mass is 376 g/mol. The molecule has 0 saturated heterocycles. The van der Waals surface area contributed by atoms with Gasteiger partial charge in [0.25, 0.3) is 0 Å². The summed E-state index contributed by atoms with van der Waals surface area (Å²) >= 11 is 0. The highest BCUT2D eigenvalue weighted by molar-refractivity contribution is 5.99. The number of nitrogens with one attached hydrogen (secondary N) is 2. The average Bonchev–Trinajstić information content (AvgIpc) is 3.41. The molecule has 2 amide bonds. The molecule has 0 aromatic heterocycles. The number of hydrogen-bond donors (Lipinski definition) is 2. The van der Waals surface area contributed by atoms with Gasteiger partial charge in [-0.25, -0.2) is 0 Å². The van der Waals surface area contributed by atoms with E-state index in [0.717, 1.165) is 23.3 Å². The topological polar surface area (TPSA) is 58.2 Å². The van der Waals surface area contributed by atoms with Crippen molar-refractivity contribution in [3.63, 3.8) is 0 Å². The molecule has 27 heavy (non-hydrogen) atoms. The molecule has 0 heterocycles. The number of hydrogen-bond acceptors (Lipinski definition) is 2. The lowest BCUT2D eigenvalue weighted by molar-refractivity contribution is -0.137. The lowest BCUT2D eigenvalue weighted by Crippen LogP contribution is -2.27. The average molecular weight is 376 g/mol. The smallest absolute Gasteiger partial charge is 0.352 e. The van der Waals surface area contributed by atoms with Crippen LogP contribution in [-0.4, -0.2) is 11.8 Å². The number of carbonyl (C=O) groups is 2. The molecular weight excluding hydrogens is 357 g/mol. The van der Waals surface area contributed by atoms with Crippen LogP contribution in [0.4, 0.5) is 18.9 Å². The van der Waals surface area contributed by atoms with Crippen LogP contribution in [0.25, 0.3) is 0 Å². The van der Waals surface area contributed by atoms with Gasteiger partial charge in [-0.15, -0.1) is 0 Å². The fourth-order valence-electron chi connectivity index (χ4n) is 2.90. The van der Waals surface area contributed by atoms with Crippen molar-refractivity contribution in [3.05, 3.63) is 65.2 Å². The quantitative estimate of drug-likeness (QED) is 0.831. The zero-order chi connectivity index (χ0) is 19.6. The molecule has 142 valence electrons. The number of benzene rings is 2. The Kier molecular flexibility index (Phi) is 5.21. The second-order valence-electron chi connectivity index (χ2n) is 6.66. The predicted octanol–water partition coefficient (Wildman–Crippen LogP) is 3.90. The summed E-state index contributed by atoms with van der Waals surface area (Å²) in [6.07, 6.45) is -4.08. The highest BCUT2D eigenvalue weighted by Gasteiger charge is 2.48. The molecule has 2 unspecified atom stereocenters. The summed E-state index contributed by atoms with van der Waals surface area (Å²) in [6, 6.07) is 12.1. The van der Waals surface area contributed by atoms with E-state index in [9.17, 15) is 22.8 Å². The maximum Gasteiger partial charge on any atom is 0.416 e. The van der Waals surface area contributed by atoms with Crippen molar-refractivity contribution in [3.8, 4) is 0 Å². The minimum Gasteiger partial charge on any atom is -0.352 e. The first-order chi connectivity index (χ1) is 12.8. The largest absolute Gasteiger partial charge is 0.416 e. The fourth-order valence-corrected chi connectivity index (χ4v) is 2.90. The van der Waals surface area contributed by atoms with Crippen LogP contribution in [0.3, 0.4) is 0 Å². The van der Waals surface area contributed by atoms with Gasteiger partial charge < -0.3 is 10.6 Å². The molecule has 2 N–H and O–H groups in total. The van der Waals surface area contributed by atoms with Crippen molar-refractivity contribution in [2.24, 2.45) is 11.8 Å². The van der Waals surface area contributed by atoms with Crippen molar-refractivity contribution in [2.45, 2.75) is 26.1 Å². The van der Waals surface area contributed by atoms with Crippen LogP contribution < -0.4 is 10.6 Å². The lowest BCUT2D eigenvalue weighted by atomic mass is 10.1. The normalized spacial score (nSPS) is 18.7. The third kappa shape index (κ3) is 4.67. The maximum absolute atomic E-state index is 12.7. The van der Waals surface area contributed by atoms with Gasteiger partial charge in [-0.1, -0.05) is 30.3 Å². The van der Waals surface area contributed by atoms with E-state index in [-0.39, 0.29) is 11.6 Å². The first kappa shape index (κ1) is 18.9. The molecule has 3 rings (SSSR count). The summed E-state index contributed by atoms with van der Waals surface area (Å²) < 4.78 is 38.2. The van der Waals surface area contributed by atoms with Gasteiger partial charge in [0.15, 0.2) is 0 Å². The lowest BCUT2D eigenvalue weighted by Gasteiger charge is -2.10. The summed E-state index contributed by atoms with van der Waals surface area (Å²) in [6.45, 7) is 2.33. The number of aryl methyl sites for hydroxylation is 1. The Hall–Kier alpha value is -2.83. The SMILES string of the molecule is Cc1ccccc1CNC(=O)C1CC1C(=O)Nc1cccc(C(F)(F)F)c1. The van der Waals surface area contributed by atoms with Crippen molar-refractivity contribution in [1.82, 2.24) is 5.32 Å². The first-order valence-corrected chi connectivity index (χ1v) is 8.56. The number of carbonyl (C=O) groups excluding carboxylic acids is 2. The van der Waals surface area contributed by atoms with E-state index < -0.39 is 29.5 Å². The minimum atomic E-state index is -4.47. The van der Waals surface area contributed by atoms with Crippen LogP contribution in [0.15, 0.2) is 48.5 Å². The van der Waals surface area contributed by atoms with E-state index in [1.807, 2.05) is 31.2 Å². The van der Waals surface area contributed by atoms with Crippen LogP contribution in [-0.2, 0) is 22.3 Å². The van der Waals surface area contributed by atoms with E-state index >= 15 is 0 Å². The zero-order valence-electron chi connectivity index (χ0n) is 14.6. The highest BCUT2D eigenvalue weighted by Crippen LogP contribution is 2.40. The molecule has 1 saturated carbocycles. The number of amides is 2. The molecule has 1 fully saturated rings. The molecule has 0 spiro atoms. The Bertz CT molecular complexity index is 864. The van der Waals surface area contributed by atoms with Crippen LogP contribution in [0, 0.1) is 18.8 Å². The summed E-state index contributed by atoms with van der Waals surface area (Å²) in [4.78, 5) is 24.4. The second-order valence-corrected chi connectivity index (χ2v) is 6.66. The summed E-state index contributed by atoms with van der Waals surface area (Å²) in [7, 11) is 0. The van der Waals surface area contributed by atoms with E-state index in [1.54, 1.807) is 0 Å². The number of halogens is 3. The second kappa shape index (κ2) is 7.42. The van der Waals surface area contributed by atoms with Crippen molar-refractivity contribution < 1.29 is 22.8 Å². The Morgan fingerprint density at radius 3 is 2.44 bits per heavy atom. The van der Waals surface area contributed by atoms with Crippen molar-refractivity contribution in [2.75, 3.05) is 5.32 Å². The van der Waals surface area contributed by atoms with Crippen LogP contribution in [0.2, 0.25) is 0 Å². The van der Waals surface area contributed by atoms with Crippen LogP contribution in [0.1, 0.15) is 23.1 Å². The summed E-state index contributed by atoms with van der Waals surface area (Å²) in [5.74, 6) is -1.62. The third-order valence-corrected chi connectivity index (χ3v) is 4.64. The van der Waals surface area contributed by atoms with Gasteiger partial charge in [0.2, 0.25) is 11.8 Å². The summed E-state index contributed by atoms with van der Waals surface area (Å²) in [5.41, 5.74) is 1.30. The van der Waals surface area contributed by atoms with Crippen molar-refractivity contribution in [1.29, 1.82) is 0 Å². The van der Waals surface area contributed by atoms with Crippen LogP contribution in [0.5, 0.6) is 0 Å². The Morgan fingerprint density at radius 1 is 1.04 bits per heavy atom. The van der Waals surface area contributed by atoms with Gasteiger partial charge in [-0.05, 0) is 42.7 Å². The third-order valence-electron chi connectivity index (χ3n) is 4.64. The molecule has 2 atom stereocenters. The molecule has 2 aromatic carbocycles. The van der Waals surface area contributed by atoms with Gasteiger partial charge >= 0.3 is 6.18 Å². The molecule has 2 aromatic rings. The standard InChI is InChI=1S/C20H19F3N2O2/c1-12-5-2-3-6-13(12)11-24-18(26)16-10-17(16)19(27)25-15-8-4-7-14(9-15)20(21,22)23/h2-9,16-17H,10-11H2,1H3,(H,24,26)(H,25,27). The summed E-state index contributed by atoms with van der Waals surface area (Å²) in [5, 5.41) is 5.28. The van der Waals surface area contributed by atoms with E-state index in [1.165, 1.54) is 12.1 Å². The number of anilines is 1. The molecule has 7 heteroatoms. The minimum absolute atomic E-state index is 0.0702. The molecular formula is C20H19F3N2O2. The van der Waals surface area contributed by atoms with E-state index in [0.29, 0.717) is 13.0 Å². The zero-order valence-corrected chi connectivity index (χ0v) is 14.6. The molecule has 4 nitrogen and oxygen atoms in total. The van der Waals surface area contributed by atoms with E-state index in [4.69, 9.17) is 0 Å². The molecule has 0 radical (unpaired) electrons. The van der Waals surface area contributed by atoms with Gasteiger partial charge in [-0.2, -0.15) is 13.2 Å². The van der Waals surface area contributed by atoms with Gasteiger partial charge in [-0.3, -0.25) is 9.59 Å². The molecule has 0 aliphatic heterocycles. The fraction of sp³-hybridized carbons (Fsp3) is 0.300. The number of alkyl halides is 3. The Morgan fingerprint density at radius 2 is 1.74 bits per heavy atom. The predicted molar refractivity (Wildman–Crippen MR) is 94.7 cm³/mol. The molecule has 1 aliphatic rings. The van der Waals surface area contributed by atoms with Gasteiger partial charge in [0.05, 0.1) is 17.4 Å².